The molecule has 0 bridgehead atoms. The van der Waals surface area contributed by atoms with E-state index in [1.807, 2.05) is 13.8 Å². The van der Waals surface area contributed by atoms with E-state index in [0.717, 1.165) is 43.3 Å². The Morgan fingerprint density at radius 1 is 1.19 bits per heavy atom. The average Bonchev–Trinajstić information content (AvgIpc) is 2.50. The molecule has 6 nitrogen and oxygen atoms in total. The molecule has 2 heterocycles. The van der Waals surface area contributed by atoms with Crippen molar-refractivity contribution in [2.45, 2.75) is 26.4 Å². The number of rotatable bonds is 7. The van der Waals surface area contributed by atoms with Gasteiger partial charge in [-0.15, -0.1) is 0 Å². The maximum Gasteiger partial charge on any atom is 0.160 e. The molecular weight excluding hydrogens is 270 g/mol. The van der Waals surface area contributed by atoms with Crippen LogP contribution < -0.4 is 5.32 Å². The highest BCUT2D eigenvalue weighted by Gasteiger charge is 2.21. The predicted octanol–water partition coefficient (Wildman–Crippen LogP) is 0.960. The fourth-order valence-electron chi connectivity index (χ4n) is 2.42. The minimum atomic E-state index is -0.134. The van der Waals surface area contributed by atoms with E-state index in [2.05, 4.69) is 15.3 Å². The van der Waals surface area contributed by atoms with Crippen LogP contribution in [0.5, 0.6) is 0 Å². The summed E-state index contributed by atoms with van der Waals surface area (Å²) in [5.74, 6) is 0.737. The Morgan fingerprint density at radius 3 is 2.57 bits per heavy atom. The van der Waals surface area contributed by atoms with Crippen LogP contribution in [0.4, 0.5) is 0 Å². The van der Waals surface area contributed by atoms with Crippen molar-refractivity contribution in [1.82, 2.24) is 15.3 Å². The summed E-state index contributed by atoms with van der Waals surface area (Å²) < 4.78 is 16.1. The zero-order valence-corrected chi connectivity index (χ0v) is 13.1. The lowest BCUT2D eigenvalue weighted by Gasteiger charge is -2.23. The highest BCUT2D eigenvalue weighted by Crippen LogP contribution is 2.20. The monoisotopic (exact) mass is 295 g/mol. The van der Waals surface area contributed by atoms with E-state index in [9.17, 15) is 0 Å². The smallest absolute Gasteiger partial charge is 0.160 e. The Kier molecular flexibility index (Phi) is 6.50. The highest BCUT2D eigenvalue weighted by atomic mass is 16.6. The Labute approximate surface area is 126 Å². The molecular formula is C15H25N3O3. The third-order valence-corrected chi connectivity index (χ3v) is 3.58. The Hall–Kier alpha value is -1.08. The Morgan fingerprint density at radius 2 is 1.95 bits per heavy atom. The summed E-state index contributed by atoms with van der Waals surface area (Å²) in [5.41, 5.74) is 3.26. The maximum atomic E-state index is 5.66. The van der Waals surface area contributed by atoms with Gasteiger partial charge in [0.2, 0.25) is 0 Å². The number of aryl methyl sites for hydroxylation is 2. The van der Waals surface area contributed by atoms with Crippen molar-refractivity contribution in [3.8, 4) is 0 Å². The minimum absolute atomic E-state index is 0.134. The molecule has 1 saturated heterocycles. The van der Waals surface area contributed by atoms with Gasteiger partial charge in [-0.25, -0.2) is 9.97 Å². The summed E-state index contributed by atoms with van der Waals surface area (Å²) in [6.07, 6.45) is 0.786. The first-order valence-corrected chi connectivity index (χ1v) is 7.45. The topological polar surface area (TPSA) is 65.5 Å². The van der Waals surface area contributed by atoms with Gasteiger partial charge >= 0.3 is 0 Å². The van der Waals surface area contributed by atoms with Crippen molar-refractivity contribution >= 4 is 0 Å². The lowest BCUT2D eigenvalue weighted by molar-refractivity contribution is -0.0936. The van der Waals surface area contributed by atoms with Gasteiger partial charge in [0.1, 0.15) is 6.10 Å². The third-order valence-electron chi connectivity index (χ3n) is 3.58. The van der Waals surface area contributed by atoms with Gasteiger partial charge in [0, 0.05) is 25.0 Å². The number of nitrogens with one attached hydrogen (secondary N) is 1. The van der Waals surface area contributed by atoms with Crippen molar-refractivity contribution in [2.24, 2.45) is 0 Å². The summed E-state index contributed by atoms with van der Waals surface area (Å²) in [4.78, 5) is 9.21. The van der Waals surface area contributed by atoms with Gasteiger partial charge in [-0.05, 0) is 32.4 Å². The highest BCUT2D eigenvalue weighted by molar-refractivity contribution is 5.25. The molecule has 1 aromatic rings. The molecule has 1 unspecified atom stereocenters. The molecule has 2 rings (SSSR count). The molecule has 21 heavy (non-hydrogen) atoms. The van der Waals surface area contributed by atoms with Crippen molar-refractivity contribution < 1.29 is 14.2 Å². The second-order valence-corrected chi connectivity index (χ2v) is 5.16. The molecule has 1 N–H and O–H groups in total. The van der Waals surface area contributed by atoms with E-state index in [1.54, 1.807) is 7.11 Å². The lowest BCUT2D eigenvalue weighted by Crippen LogP contribution is -2.25. The van der Waals surface area contributed by atoms with Crippen LogP contribution in [-0.4, -0.2) is 56.6 Å². The van der Waals surface area contributed by atoms with Crippen LogP contribution in [0.15, 0.2) is 0 Å². The third kappa shape index (κ3) is 4.71. The number of methoxy groups -OCH3 is 1. The van der Waals surface area contributed by atoms with Crippen molar-refractivity contribution in [3.05, 3.63) is 22.8 Å². The largest absolute Gasteiger partial charge is 0.383 e. The summed E-state index contributed by atoms with van der Waals surface area (Å²) >= 11 is 0. The van der Waals surface area contributed by atoms with E-state index in [0.29, 0.717) is 19.8 Å². The van der Waals surface area contributed by atoms with Gasteiger partial charge in [-0.2, -0.15) is 0 Å². The fourth-order valence-corrected chi connectivity index (χ4v) is 2.42. The molecule has 1 aliphatic heterocycles. The van der Waals surface area contributed by atoms with Gasteiger partial charge in [0.05, 0.1) is 26.4 Å². The molecule has 1 fully saturated rings. The van der Waals surface area contributed by atoms with Crippen LogP contribution >= 0.6 is 0 Å². The second kappa shape index (κ2) is 8.38. The SMILES string of the molecule is COCCNCCc1c(C)nc(C2COCCO2)nc1C. The van der Waals surface area contributed by atoms with Crippen molar-refractivity contribution in [3.63, 3.8) is 0 Å². The van der Waals surface area contributed by atoms with E-state index in [1.165, 1.54) is 5.56 Å². The zero-order chi connectivity index (χ0) is 15.1. The van der Waals surface area contributed by atoms with Crippen LogP contribution in [-0.2, 0) is 20.6 Å². The summed E-state index contributed by atoms with van der Waals surface area (Å²) in [6, 6.07) is 0. The van der Waals surface area contributed by atoms with Crippen LogP contribution in [0.2, 0.25) is 0 Å². The minimum Gasteiger partial charge on any atom is -0.383 e. The average molecular weight is 295 g/mol. The Bertz CT molecular complexity index is 425. The Balaban J connectivity index is 1.96. The molecule has 0 aromatic carbocycles. The predicted molar refractivity (Wildman–Crippen MR) is 79.5 cm³/mol. The van der Waals surface area contributed by atoms with E-state index in [4.69, 9.17) is 14.2 Å². The number of aromatic nitrogens is 2. The summed E-state index contributed by atoms with van der Waals surface area (Å²) in [6.45, 7) is 8.36. The second-order valence-electron chi connectivity index (χ2n) is 5.16. The zero-order valence-electron chi connectivity index (χ0n) is 13.1. The van der Waals surface area contributed by atoms with Crippen LogP contribution in [0.25, 0.3) is 0 Å². The molecule has 118 valence electrons. The summed E-state index contributed by atoms with van der Waals surface area (Å²) in [7, 11) is 1.71. The lowest BCUT2D eigenvalue weighted by atomic mass is 10.1. The van der Waals surface area contributed by atoms with E-state index in [-0.39, 0.29) is 6.10 Å². The van der Waals surface area contributed by atoms with Gasteiger partial charge in [-0.1, -0.05) is 0 Å². The number of ether oxygens (including phenoxy) is 3. The van der Waals surface area contributed by atoms with Gasteiger partial charge < -0.3 is 19.5 Å². The number of hydrogen-bond acceptors (Lipinski definition) is 6. The normalized spacial score (nSPS) is 18.9. The maximum absolute atomic E-state index is 5.66. The molecule has 1 atom stereocenters. The quantitative estimate of drug-likeness (QED) is 0.756. The molecule has 1 aromatic heterocycles. The molecule has 6 heteroatoms. The standard InChI is InChI=1S/C15H25N3O3/c1-11-13(4-5-16-6-7-19-3)12(2)18-15(17-11)14-10-20-8-9-21-14/h14,16H,4-10H2,1-3H3. The summed E-state index contributed by atoms with van der Waals surface area (Å²) in [5, 5.41) is 3.34. The molecule has 0 aliphatic carbocycles. The fraction of sp³-hybridized carbons (Fsp3) is 0.733. The molecule has 0 radical (unpaired) electrons. The first-order valence-electron chi connectivity index (χ1n) is 7.45. The molecule has 0 amide bonds. The first-order chi connectivity index (χ1) is 10.2. The van der Waals surface area contributed by atoms with Crippen LogP contribution in [0.3, 0.4) is 0 Å². The van der Waals surface area contributed by atoms with Crippen molar-refractivity contribution in [2.75, 3.05) is 46.6 Å². The van der Waals surface area contributed by atoms with E-state index >= 15 is 0 Å². The molecule has 0 saturated carbocycles. The first kappa shape index (κ1) is 16.3. The van der Waals surface area contributed by atoms with Gasteiger partial charge in [0.25, 0.3) is 0 Å². The number of nitrogens with zero attached hydrogens (tertiary/aromatic N) is 2. The van der Waals surface area contributed by atoms with Gasteiger partial charge in [0.15, 0.2) is 5.82 Å². The van der Waals surface area contributed by atoms with Crippen LogP contribution in [0.1, 0.15) is 28.9 Å². The molecule has 0 spiro atoms. The van der Waals surface area contributed by atoms with Gasteiger partial charge in [-0.3, -0.25) is 0 Å². The number of hydrogen-bond donors (Lipinski definition) is 1. The van der Waals surface area contributed by atoms with Crippen molar-refractivity contribution in [1.29, 1.82) is 0 Å². The van der Waals surface area contributed by atoms with E-state index < -0.39 is 0 Å². The van der Waals surface area contributed by atoms with Crippen LogP contribution in [0, 0.1) is 13.8 Å². The molecule has 1 aliphatic rings.